The topological polar surface area (TPSA) is 34.1 Å². The SMILES string of the molecule is CCC[CH2][Sn](=[O])[CH]=O. The summed E-state index contributed by atoms with van der Waals surface area (Å²) >= 11 is -2.61. The van der Waals surface area contributed by atoms with E-state index in [0.29, 0.717) is 8.74 Å². The minimum atomic E-state index is -2.61. The van der Waals surface area contributed by atoms with Crippen molar-refractivity contribution in [2.75, 3.05) is 0 Å². The fourth-order valence-corrected chi connectivity index (χ4v) is 2.75. The molecule has 0 saturated heterocycles. The summed E-state index contributed by atoms with van der Waals surface area (Å²) < 4.78 is 11.8. The fraction of sp³-hybridized carbons (Fsp3) is 0.800. The molecule has 0 rings (SSSR count). The van der Waals surface area contributed by atoms with Crippen molar-refractivity contribution in [3.8, 4) is 0 Å². The van der Waals surface area contributed by atoms with Crippen LogP contribution in [0.1, 0.15) is 19.8 Å². The van der Waals surface area contributed by atoms with E-state index in [1.807, 2.05) is 6.92 Å². The summed E-state index contributed by atoms with van der Waals surface area (Å²) in [6.45, 7) is 2.03. The number of carbonyl (C=O) groups is 1. The molecular weight excluding hydrogens is 211 g/mol. The summed E-state index contributed by atoms with van der Waals surface area (Å²) in [5.41, 5.74) is 0. The van der Waals surface area contributed by atoms with Crippen molar-refractivity contribution in [1.82, 2.24) is 0 Å². The maximum atomic E-state index is 10.5. The van der Waals surface area contributed by atoms with Gasteiger partial charge in [0.05, 0.1) is 0 Å². The van der Waals surface area contributed by atoms with Crippen LogP contribution in [-0.4, -0.2) is 24.0 Å². The van der Waals surface area contributed by atoms with Crippen LogP contribution in [0.4, 0.5) is 0 Å². The molecule has 0 aliphatic heterocycles. The van der Waals surface area contributed by atoms with Gasteiger partial charge < -0.3 is 0 Å². The molecule has 0 aromatic carbocycles. The van der Waals surface area contributed by atoms with Crippen molar-refractivity contribution in [3.05, 3.63) is 0 Å². The summed E-state index contributed by atoms with van der Waals surface area (Å²) in [4.78, 5) is 9.79. The normalized spacial score (nSPS) is 8.62. The molecule has 0 amide bonds. The average Bonchev–Trinajstić information content (AvgIpc) is 1.83. The van der Waals surface area contributed by atoms with Gasteiger partial charge >= 0.3 is 56.1 Å². The molecule has 0 aromatic rings. The first-order chi connectivity index (χ1) is 3.81. The van der Waals surface area contributed by atoms with Crippen LogP contribution < -0.4 is 0 Å². The molecule has 0 N–H and O–H groups in total. The van der Waals surface area contributed by atoms with Gasteiger partial charge in [0.1, 0.15) is 0 Å². The first-order valence-electron chi connectivity index (χ1n) is 2.79. The van der Waals surface area contributed by atoms with Crippen molar-refractivity contribution in [2.45, 2.75) is 24.2 Å². The second-order valence-corrected chi connectivity index (χ2v) is 6.45. The van der Waals surface area contributed by atoms with Crippen LogP contribution in [0, 0.1) is 0 Å². The van der Waals surface area contributed by atoms with E-state index in [2.05, 4.69) is 0 Å². The molecule has 46 valence electrons. The molecule has 2 nitrogen and oxygen atoms in total. The zero-order valence-electron chi connectivity index (χ0n) is 5.02. The van der Waals surface area contributed by atoms with Gasteiger partial charge in [-0.3, -0.25) is 0 Å². The third-order valence-electron chi connectivity index (χ3n) is 0.908. The van der Waals surface area contributed by atoms with Crippen LogP contribution in [0.3, 0.4) is 0 Å². The number of hydrogen-bond acceptors (Lipinski definition) is 2. The van der Waals surface area contributed by atoms with E-state index < -0.39 is 19.7 Å². The molecule has 8 heavy (non-hydrogen) atoms. The molecule has 0 aromatic heterocycles. The van der Waals surface area contributed by atoms with Crippen LogP contribution >= 0.6 is 0 Å². The number of rotatable bonds is 4. The van der Waals surface area contributed by atoms with Gasteiger partial charge in [0.2, 0.25) is 0 Å². The van der Waals surface area contributed by atoms with Gasteiger partial charge in [-0.1, -0.05) is 0 Å². The Morgan fingerprint density at radius 2 is 2.25 bits per heavy atom. The summed E-state index contributed by atoms with van der Waals surface area (Å²) in [6.07, 6.45) is 2.00. The number of hydrogen-bond donors (Lipinski definition) is 0. The Hall–Kier alpha value is 0.269. The maximum absolute atomic E-state index is 10.5. The van der Waals surface area contributed by atoms with Gasteiger partial charge in [-0.2, -0.15) is 0 Å². The second-order valence-electron chi connectivity index (χ2n) is 1.69. The second kappa shape index (κ2) is 5.41. The summed E-state index contributed by atoms with van der Waals surface area (Å²) in [5, 5.41) is 0. The Balaban J connectivity index is 3.11. The Kier molecular flexibility index (Phi) is 5.59. The Labute approximate surface area is 56.4 Å². The van der Waals surface area contributed by atoms with Crippen molar-refractivity contribution in [1.29, 1.82) is 0 Å². The third kappa shape index (κ3) is 4.43. The molecule has 0 unspecified atom stereocenters. The van der Waals surface area contributed by atoms with Crippen LogP contribution in [0.2, 0.25) is 4.44 Å². The minimum absolute atomic E-state index is 0.665. The molecule has 0 atom stereocenters. The van der Waals surface area contributed by atoms with Crippen molar-refractivity contribution in [3.63, 3.8) is 0 Å². The van der Waals surface area contributed by atoms with Crippen LogP contribution in [0.15, 0.2) is 0 Å². The van der Waals surface area contributed by atoms with E-state index in [1.165, 1.54) is 0 Å². The van der Waals surface area contributed by atoms with E-state index >= 15 is 0 Å². The van der Waals surface area contributed by atoms with E-state index in [-0.39, 0.29) is 0 Å². The number of unbranched alkanes of at least 4 members (excludes halogenated alkanes) is 1. The monoisotopic (exact) mass is 222 g/mol. The molecule has 0 saturated carbocycles. The van der Waals surface area contributed by atoms with E-state index in [0.717, 1.165) is 12.8 Å². The molecule has 0 aliphatic carbocycles. The molecule has 0 heterocycles. The van der Waals surface area contributed by atoms with Gasteiger partial charge in [-0.05, 0) is 0 Å². The van der Waals surface area contributed by atoms with Crippen LogP contribution in [0.25, 0.3) is 0 Å². The first kappa shape index (κ1) is 8.27. The van der Waals surface area contributed by atoms with Crippen molar-refractivity contribution >= 4 is 24.0 Å². The fourth-order valence-electron chi connectivity index (χ4n) is 0.410. The zero-order chi connectivity index (χ0) is 6.41. The summed E-state index contributed by atoms with van der Waals surface area (Å²) in [7, 11) is 0. The predicted molar refractivity (Wildman–Crippen MR) is 32.9 cm³/mol. The van der Waals surface area contributed by atoms with E-state index in [9.17, 15) is 7.87 Å². The standard InChI is InChI=1S/C4H9.CHO.O.Sn/c1-3-4-2;1-2;;/h1,3-4H2,2H3;1H;;. The molecular formula is C5H10O2Sn. The van der Waals surface area contributed by atoms with E-state index in [4.69, 9.17) is 0 Å². The summed E-state index contributed by atoms with van der Waals surface area (Å²) in [6, 6.07) is 0. The van der Waals surface area contributed by atoms with Gasteiger partial charge in [0.25, 0.3) is 0 Å². The van der Waals surface area contributed by atoms with Gasteiger partial charge in [0, 0.05) is 0 Å². The van der Waals surface area contributed by atoms with Gasteiger partial charge in [0.15, 0.2) is 0 Å². The Morgan fingerprint density at radius 1 is 1.62 bits per heavy atom. The molecule has 0 aliphatic rings. The Bertz CT molecular complexity index is 90.4. The molecule has 3 heteroatoms. The molecule has 0 spiro atoms. The van der Waals surface area contributed by atoms with Crippen molar-refractivity contribution in [2.24, 2.45) is 0 Å². The van der Waals surface area contributed by atoms with Crippen molar-refractivity contribution < 1.29 is 7.87 Å². The quantitative estimate of drug-likeness (QED) is 0.523. The molecule has 0 radical (unpaired) electrons. The average molecular weight is 221 g/mol. The first-order valence-corrected chi connectivity index (χ1v) is 7.62. The third-order valence-corrected chi connectivity index (χ3v) is 4.07. The summed E-state index contributed by atoms with van der Waals surface area (Å²) in [5.74, 6) is 0. The van der Waals surface area contributed by atoms with E-state index in [1.54, 1.807) is 0 Å². The number of carbonyl (C=O) groups excluding carboxylic acids is 1. The predicted octanol–water partition coefficient (Wildman–Crippen LogP) is 0.980. The van der Waals surface area contributed by atoms with Gasteiger partial charge in [-0.15, -0.1) is 0 Å². The Morgan fingerprint density at radius 3 is 2.62 bits per heavy atom. The zero-order valence-corrected chi connectivity index (χ0v) is 7.87. The molecule has 0 fully saturated rings. The van der Waals surface area contributed by atoms with Crippen LogP contribution in [-0.2, 0) is 7.87 Å². The van der Waals surface area contributed by atoms with Crippen LogP contribution in [0.5, 0.6) is 0 Å². The molecule has 0 bridgehead atoms. The van der Waals surface area contributed by atoms with Gasteiger partial charge in [-0.25, -0.2) is 0 Å².